The SMILES string of the molecule is CC1=CC=CC(C2=CN=NC2=O)(S(=O)(=O)O)C1. The van der Waals surface area contributed by atoms with E-state index in [1.165, 1.54) is 12.2 Å². The van der Waals surface area contributed by atoms with Gasteiger partial charge in [-0.05, 0) is 13.3 Å². The Morgan fingerprint density at radius 3 is 2.65 bits per heavy atom. The first-order valence-electron chi connectivity index (χ1n) is 4.85. The molecule has 0 saturated heterocycles. The molecule has 1 unspecified atom stereocenters. The fraction of sp³-hybridized carbons (Fsp3) is 0.300. The standard InChI is InChI=1S/C10H10N2O4S/c1-7-3-2-4-10(5-7,17(14,15)16)8-6-11-12-9(8)13/h2-4,6H,5H2,1H3,(H,14,15,16). The normalized spacial score (nSPS) is 28.2. The summed E-state index contributed by atoms with van der Waals surface area (Å²) in [6.07, 6.45) is 5.61. The van der Waals surface area contributed by atoms with Gasteiger partial charge < -0.3 is 0 Å². The highest BCUT2D eigenvalue weighted by Gasteiger charge is 2.49. The number of azo groups is 1. The number of hydrogen-bond acceptors (Lipinski definition) is 4. The van der Waals surface area contributed by atoms with Crippen LogP contribution in [-0.2, 0) is 14.9 Å². The second-order valence-corrected chi connectivity index (χ2v) is 5.66. The van der Waals surface area contributed by atoms with E-state index in [4.69, 9.17) is 0 Å². The lowest BCUT2D eigenvalue weighted by Gasteiger charge is -2.29. The minimum atomic E-state index is -4.47. The van der Waals surface area contributed by atoms with Crippen molar-refractivity contribution in [1.29, 1.82) is 0 Å². The maximum absolute atomic E-state index is 11.6. The quantitative estimate of drug-likeness (QED) is 0.753. The molecule has 1 aliphatic carbocycles. The van der Waals surface area contributed by atoms with Crippen LogP contribution in [0.15, 0.2) is 45.8 Å². The van der Waals surface area contributed by atoms with Crippen molar-refractivity contribution in [3.63, 3.8) is 0 Å². The molecule has 2 aliphatic rings. The zero-order valence-corrected chi connectivity index (χ0v) is 9.81. The second-order valence-electron chi connectivity index (χ2n) is 3.98. The van der Waals surface area contributed by atoms with Crippen LogP contribution in [0.2, 0.25) is 0 Å². The monoisotopic (exact) mass is 254 g/mol. The Morgan fingerprint density at radius 2 is 2.18 bits per heavy atom. The number of carbonyl (C=O) groups excluding carboxylic acids is 1. The molecule has 0 saturated carbocycles. The molecule has 0 aromatic rings. The van der Waals surface area contributed by atoms with Crippen LogP contribution < -0.4 is 0 Å². The highest BCUT2D eigenvalue weighted by atomic mass is 32.2. The highest BCUT2D eigenvalue weighted by Crippen LogP contribution is 2.38. The largest absolute Gasteiger partial charge is 0.295 e. The van der Waals surface area contributed by atoms with E-state index in [0.29, 0.717) is 0 Å². The van der Waals surface area contributed by atoms with Gasteiger partial charge in [0.25, 0.3) is 16.0 Å². The van der Waals surface area contributed by atoms with Gasteiger partial charge in [-0.2, -0.15) is 13.5 Å². The number of nitrogens with zero attached hydrogens (tertiary/aromatic N) is 2. The lowest BCUT2D eigenvalue weighted by molar-refractivity contribution is -0.114. The maximum Gasteiger partial charge on any atom is 0.295 e. The first kappa shape index (κ1) is 11.9. The number of hydrogen-bond donors (Lipinski definition) is 1. The molecule has 90 valence electrons. The summed E-state index contributed by atoms with van der Waals surface area (Å²) in [4.78, 5) is 11.5. The third-order valence-corrected chi connectivity index (χ3v) is 4.19. The molecule has 1 heterocycles. The molecule has 17 heavy (non-hydrogen) atoms. The lowest BCUT2D eigenvalue weighted by Crippen LogP contribution is -2.41. The van der Waals surface area contributed by atoms with E-state index in [-0.39, 0.29) is 12.0 Å². The van der Waals surface area contributed by atoms with E-state index in [1.807, 2.05) is 0 Å². The van der Waals surface area contributed by atoms with Crippen LogP contribution in [-0.4, -0.2) is 23.6 Å². The first-order valence-corrected chi connectivity index (χ1v) is 6.29. The molecule has 0 aromatic heterocycles. The van der Waals surface area contributed by atoms with Gasteiger partial charge in [-0.3, -0.25) is 9.35 Å². The van der Waals surface area contributed by atoms with E-state index in [1.54, 1.807) is 13.0 Å². The summed E-state index contributed by atoms with van der Waals surface area (Å²) < 4.78 is 30.8. The van der Waals surface area contributed by atoms with E-state index < -0.39 is 20.8 Å². The van der Waals surface area contributed by atoms with Gasteiger partial charge in [0.05, 0.1) is 11.8 Å². The second kappa shape index (κ2) is 3.71. The fourth-order valence-electron chi connectivity index (χ4n) is 1.94. The summed E-state index contributed by atoms with van der Waals surface area (Å²) in [5.41, 5.74) is 0.620. The Balaban J connectivity index is 2.59. The Kier molecular flexibility index (Phi) is 2.59. The summed E-state index contributed by atoms with van der Waals surface area (Å²) in [7, 11) is -4.47. The van der Waals surface area contributed by atoms with Crippen LogP contribution >= 0.6 is 0 Å². The van der Waals surface area contributed by atoms with Crippen molar-refractivity contribution in [2.45, 2.75) is 18.1 Å². The number of carbonyl (C=O) groups is 1. The summed E-state index contributed by atoms with van der Waals surface area (Å²) in [6, 6.07) is 0. The predicted molar refractivity (Wildman–Crippen MR) is 59.7 cm³/mol. The minimum Gasteiger partial charge on any atom is -0.285 e. The van der Waals surface area contributed by atoms with Crippen molar-refractivity contribution in [3.8, 4) is 0 Å². The van der Waals surface area contributed by atoms with Crippen LogP contribution in [0, 0.1) is 0 Å². The fourth-order valence-corrected chi connectivity index (χ4v) is 3.02. The summed E-state index contributed by atoms with van der Waals surface area (Å²) in [6.45, 7) is 1.72. The Labute approximate surface area is 98.2 Å². The van der Waals surface area contributed by atoms with E-state index in [9.17, 15) is 17.8 Å². The topological polar surface area (TPSA) is 96.2 Å². The molecule has 2 rings (SSSR count). The molecule has 1 atom stereocenters. The van der Waals surface area contributed by atoms with Crippen molar-refractivity contribution in [2.75, 3.05) is 0 Å². The van der Waals surface area contributed by atoms with E-state index in [0.717, 1.165) is 11.8 Å². The summed E-state index contributed by atoms with van der Waals surface area (Å²) in [5, 5.41) is 6.63. The van der Waals surface area contributed by atoms with Gasteiger partial charge >= 0.3 is 0 Å². The molecular formula is C10H10N2O4S. The molecule has 0 aromatic carbocycles. The summed E-state index contributed by atoms with van der Waals surface area (Å²) >= 11 is 0. The average molecular weight is 254 g/mol. The Bertz CT molecular complexity index is 598. The molecule has 7 heteroatoms. The molecular weight excluding hydrogens is 244 g/mol. The van der Waals surface area contributed by atoms with Crippen LogP contribution in [0.1, 0.15) is 13.3 Å². The van der Waals surface area contributed by atoms with Crippen molar-refractivity contribution in [1.82, 2.24) is 0 Å². The summed E-state index contributed by atoms with van der Waals surface area (Å²) in [5.74, 6) is -0.734. The lowest BCUT2D eigenvalue weighted by atomic mass is 9.87. The van der Waals surface area contributed by atoms with E-state index >= 15 is 0 Å². The predicted octanol–water partition coefficient (Wildman–Crippen LogP) is 1.40. The minimum absolute atomic E-state index is 0.0188. The van der Waals surface area contributed by atoms with Crippen LogP contribution in [0.25, 0.3) is 0 Å². The first-order chi connectivity index (χ1) is 7.87. The van der Waals surface area contributed by atoms with Gasteiger partial charge in [0.2, 0.25) is 0 Å². The van der Waals surface area contributed by atoms with Gasteiger partial charge in [0.15, 0.2) is 4.75 Å². The van der Waals surface area contributed by atoms with Gasteiger partial charge in [-0.1, -0.05) is 23.8 Å². The van der Waals surface area contributed by atoms with Crippen molar-refractivity contribution >= 4 is 16.0 Å². The van der Waals surface area contributed by atoms with Gasteiger partial charge in [-0.25, -0.2) is 0 Å². The molecule has 0 fully saturated rings. The van der Waals surface area contributed by atoms with Crippen LogP contribution in [0.3, 0.4) is 0 Å². The Hall–Kier alpha value is -1.60. The number of rotatable bonds is 2. The smallest absolute Gasteiger partial charge is 0.285 e. The molecule has 1 amide bonds. The van der Waals surface area contributed by atoms with Crippen LogP contribution in [0.5, 0.6) is 0 Å². The maximum atomic E-state index is 11.6. The zero-order valence-electron chi connectivity index (χ0n) is 8.99. The third kappa shape index (κ3) is 1.77. The van der Waals surface area contributed by atoms with Crippen molar-refractivity contribution in [2.24, 2.45) is 10.2 Å². The molecule has 0 bridgehead atoms. The van der Waals surface area contributed by atoms with Gasteiger partial charge in [0.1, 0.15) is 0 Å². The van der Waals surface area contributed by atoms with Gasteiger partial charge in [0, 0.05) is 0 Å². The molecule has 1 aliphatic heterocycles. The average Bonchev–Trinajstić information content (AvgIpc) is 2.63. The number of amides is 1. The molecule has 1 N–H and O–H groups in total. The van der Waals surface area contributed by atoms with Crippen molar-refractivity contribution < 1.29 is 17.8 Å². The zero-order chi connectivity index (χ0) is 12.7. The number of allylic oxidation sites excluding steroid dienone is 3. The van der Waals surface area contributed by atoms with E-state index in [2.05, 4.69) is 10.2 Å². The molecule has 6 nitrogen and oxygen atoms in total. The van der Waals surface area contributed by atoms with Crippen molar-refractivity contribution in [3.05, 3.63) is 35.6 Å². The Morgan fingerprint density at radius 1 is 1.47 bits per heavy atom. The molecule has 0 spiro atoms. The highest BCUT2D eigenvalue weighted by molar-refractivity contribution is 7.87. The van der Waals surface area contributed by atoms with Gasteiger partial charge in [-0.15, -0.1) is 5.11 Å². The third-order valence-electron chi connectivity index (χ3n) is 2.77. The van der Waals surface area contributed by atoms with Crippen LogP contribution in [0.4, 0.5) is 0 Å². The molecule has 0 radical (unpaired) electrons.